The van der Waals surface area contributed by atoms with Gasteiger partial charge in [-0.3, -0.25) is 4.90 Å². The quantitative estimate of drug-likeness (QED) is 0.701. The van der Waals surface area contributed by atoms with Gasteiger partial charge in [-0.2, -0.15) is 0 Å². The van der Waals surface area contributed by atoms with E-state index in [1.807, 2.05) is 36.4 Å². The number of anilines is 2. The summed E-state index contributed by atoms with van der Waals surface area (Å²) in [5, 5.41) is 7.28. The number of para-hydroxylation sites is 2. The maximum absolute atomic E-state index is 14.2. The summed E-state index contributed by atoms with van der Waals surface area (Å²) >= 11 is 0. The molecule has 0 saturated carbocycles. The van der Waals surface area contributed by atoms with Crippen molar-refractivity contribution in [1.82, 2.24) is 4.90 Å². The summed E-state index contributed by atoms with van der Waals surface area (Å²) in [6.45, 7) is 0.532. The zero-order valence-corrected chi connectivity index (χ0v) is 13.6. The fourth-order valence-corrected chi connectivity index (χ4v) is 3.86. The number of benzene rings is 3. The highest BCUT2D eigenvalue weighted by Crippen LogP contribution is 2.47. The van der Waals surface area contributed by atoms with Gasteiger partial charge in [0, 0.05) is 34.6 Å². The topological polar surface area (TPSA) is 27.3 Å². The van der Waals surface area contributed by atoms with Crippen molar-refractivity contribution in [3.63, 3.8) is 0 Å². The lowest BCUT2D eigenvalue weighted by atomic mass is 9.95. The second-order valence-electron chi connectivity index (χ2n) is 6.53. The molecule has 0 aromatic heterocycles. The van der Waals surface area contributed by atoms with Crippen LogP contribution >= 0.6 is 0 Å². The summed E-state index contributed by atoms with van der Waals surface area (Å²) in [6, 6.07) is 23.6. The summed E-state index contributed by atoms with van der Waals surface area (Å²) in [7, 11) is 0. The molecule has 3 aromatic carbocycles. The van der Waals surface area contributed by atoms with Crippen LogP contribution in [0.25, 0.3) is 0 Å². The number of halogens is 1. The first kappa shape index (κ1) is 14.5. The molecule has 2 N–H and O–H groups in total. The summed E-state index contributed by atoms with van der Waals surface area (Å²) in [5.74, 6) is -0.160. The Morgan fingerprint density at radius 3 is 1.84 bits per heavy atom. The average Bonchev–Trinajstić information content (AvgIpc) is 2.64. The SMILES string of the molecule is Fc1ccccc1CN1[C@H]2Nc3ccccc3[C@@H]1Nc1ccccc12. The van der Waals surface area contributed by atoms with Crippen LogP contribution in [-0.2, 0) is 6.54 Å². The number of nitrogens with one attached hydrogen (secondary N) is 2. The zero-order valence-electron chi connectivity index (χ0n) is 13.6. The predicted molar refractivity (Wildman–Crippen MR) is 97.6 cm³/mol. The average molecular weight is 331 g/mol. The molecule has 0 fully saturated rings. The van der Waals surface area contributed by atoms with Crippen molar-refractivity contribution in [3.05, 3.63) is 95.3 Å². The molecule has 2 aliphatic heterocycles. The van der Waals surface area contributed by atoms with Gasteiger partial charge >= 0.3 is 0 Å². The number of fused-ring (bicyclic) bond motifs is 6. The van der Waals surface area contributed by atoms with Crippen LogP contribution in [0.5, 0.6) is 0 Å². The molecule has 0 unspecified atom stereocenters. The Bertz CT molecular complexity index is 886. The molecule has 2 atom stereocenters. The Morgan fingerprint density at radius 1 is 0.720 bits per heavy atom. The van der Waals surface area contributed by atoms with Crippen molar-refractivity contribution in [2.75, 3.05) is 10.6 Å². The molecule has 2 heterocycles. The highest BCUT2D eigenvalue weighted by Gasteiger charge is 2.39. The molecule has 25 heavy (non-hydrogen) atoms. The highest BCUT2D eigenvalue weighted by atomic mass is 19.1. The molecule has 0 aliphatic carbocycles. The third kappa shape index (κ3) is 2.29. The van der Waals surface area contributed by atoms with Crippen molar-refractivity contribution in [1.29, 1.82) is 0 Å². The van der Waals surface area contributed by atoms with E-state index in [2.05, 4.69) is 39.8 Å². The van der Waals surface area contributed by atoms with Gasteiger partial charge in [-0.25, -0.2) is 4.39 Å². The molecular weight excluding hydrogens is 313 g/mol. The Hall–Kier alpha value is -2.85. The van der Waals surface area contributed by atoms with Crippen LogP contribution in [0.2, 0.25) is 0 Å². The summed E-state index contributed by atoms with van der Waals surface area (Å²) in [5.41, 5.74) is 5.34. The number of hydrogen-bond acceptors (Lipinski definition) is 3. The fraction of sp³-hybridized carbons (Fsp3) is 0.143. The van der Waals surface area contributed by atoms with Gasteiger partial charge in [-0.15, -0.1) is 0 Å². The lowest BCUT2D eigenvalue weighted by molar-refractivity contribution is 0.136. The molecule has 3 nitrogen and oxygen atoms in total. The minimum Gasteiger partial charge on any atom is -0.365 e. The minimum absolute atomic E-state index is 0.0111. The molecule has 0 radical (unpaired) electrons. The molecule has 0 saturated heterocycles. The van der Waals surface area contributed by atoms with E-state index in [9.17, 15) is 4.39 Å². The molecule has 0 spiro atoms. The van der Waals surface area contributed by atoms with Gasteiger partial charge in [0.1, 0.15) is 18.1 Å². The van der Waals surface area contributed by atoms with E-state index in [1.165, 1.54) is 17.2 Å². The first-order valence-corrected chi connectivity index (χ1v) is 8.51. The maximum atomic E-state index is 14.2. The van der Waals surface area contributed by atoms with E-state index in [-0.39, 0.29) is 18.1 Å². The van der Waals surface area contributed by atoms with Crippen LogP contribution in [0.15, 0.2) is 72.8 Å². The summed E-state index contributed by atoms with van der Waals surface area (Å²) in [4.78, 5) is 2.28. The number of rotatable bonds is 2. The molecule has 2 bridgehead atoms. The number of nitrogens with zero attached hydrogens (tertiary/aromatic N) is 1. The van der Waals surface area contributed by atoms with Crippen molar-refractivity contribution >= 4 is 11.4 Å². The van der Waals surface area contributed by atoms with Crippen LogP contribution < -0.4 is 10.6 Å². The van der Waals surface area contributed by atoms with Crippen LogP contribution in [0.1, 0.15) is 29.0 Å². The largest absolute Gasteiger partial charge is 0.365 e. The van der Waals surface area contributed by atoms with Crippen LogP contribution in [0, 0.1) is 5.82 Å². The van der Waals surface area contributed by atoms with Crippen LogP contribution in [0.4, 0.5) is 15.8 Å². The molecule has 0 amide bonds. The Labute approximate surface area is 146 Å². The zero-order chi connectivity index (χ0) is 16.8. The Balaban J connectivity index is 1.62. The van der Waals surface area contributed by atoms with E-state index in [0.29, 0.717) is 12.1 Å². The Morgan fingerprint density at radius 2 is 1.24 bits per heavy atom. The molecule has 3 aromatic rings. The van der Waals surface area contributed by atoms with Crippen LogP contribution in [-0.4, -0.2) is 4.90 Å². The van der Waals surface area contributed by atoms with E-state index in [0.717, 1.165) is 11.4 Å². The first-order valence-electron chi connectivity index (χ1n) is 8.51. The molecular formula is C21H18FN3. The van der Waals surface area contributed by atoms with Gasteiger partial charge in [0.25, 0.3) is 0 Å². The van der Waals surface area contributed by atoms with Gasteiger partial charge in [0.05, 0.1) is 0 Å². The van der Waals surface area contributed by atoms with E-state index >= 15 is 0 Å². The van der Waals surface area contributed by atoms with Crippen molar-refractivity contribution < 1.29 is 4.39 Å². The maximum Gasteiger partial charge on any atom is 0.127 e. The normalized spacial score (nSPS) is 20.8. The lowest BCUT2D eigenvalue weighted by Crippen LogP contribution is -2.47. The standard InChI is InChI=1S/C21H18FN3/c22-17-10-4-1-7-14(17)13-25-20-15-8-2-5-11-18(15)23-21(25)16-9-3-6-12-19(16)24-20/h1-12,20-21,23-24H,13H2/t20-,21-/m1/s1. The van der Waals surface area contributed by atoms with Crippen molar-refractivity contribution in [2.45, 2.75) is 18.9 Å². The third-order valence-electron chi connectivity index (χ3n) is 5.07. The van der Waals surface area contributed by atoms with Gasteiger partial charge in [-0.05, 0) is 18.2 Å². The van der Waals surface area contributed by atoms with Gasteiger partial charge < -0.3 is 10.6 Å². The first-order chi connectivity index (χ1) is 12.3. The van der Waals surface area contributed by atoms with Gasteiger partial charge in [-0.1, -0.05) is 54.6 Å². The van der Waals surface area contributed by atoms with E-state index in [4.69, 9.17) is 0 Å². The molecule has 4 heteroatoms. The fourth-order valence-electron chi connectivity index (χ4n) is 3.86. The Kier molecular flexibility index (Phi) is 3.25. The summed E-state index contributed by atoms with van der Waals surface area (Å²) < 4.78 is 14.2. The van der Waals surface area contributed by atoms with Crippen LogP contribution in [0.3, 0.4) is 0 Å². The second kappa shape index (κ2) is 5.60. The van der Waals surface area contributed by atoms with Gasteiger partial charge in [0.15, 0.2) is 0 Å². The van der Waals surface area contributed by atoms with Gasteiger partial charge in [0.2, 0.25) is 0 Å². The summed E-state index contributed by atoms with van der Waals surface area (Å²) in [6.07, 6.45) is 0.0221. The second-order valence-corrected chi connectivity index (χ2v) is 6.53. The molecule has 5 rings (SSSR count). The lowest BCUT2D eigenvalue weighted by Gasteiger charge is -2.49. The van der Waals surface area contributed by atoms with Crippen molar-refractivity contribution in [3.8, 4) is 0 Å². The monoisotopic (exact) mass is 331 g/mol. The molecule has 124 valence electrons. The third-order valence-corrected chi connectivity index (χ3v) is 5.07. The van der Waals surface area contributed by atoms with E-state index in [1.54, 1.807) is 6.07 Å². The molecule has 2 aliphatic rings. The predicted octanol–water partition coefficient (Wildman–Crippen LogP) is 4.88. The number of hydrogen-bond donors (Lipinski definition) is 2. The smallest absolute Gasteiger partial charge is 0.127 e. The van der Waals surface area contributed by atoms with Crippen molar-refractivity contribution in [2.24, 2.45) is 0 Å². The van der Waals surface area contributed by atoms with E-state index < -0.39 is 0 Å². The highest BCUT2D eigenvalue weighted by molar-refractivity contribution is 5.65. The minimum atomic E-state index is -0.160.